The summed E-state index contributed by atoms with van der Waals surface area (Å²) in [7, 11) is 0. The van der Waals surface area contributed by atoms with E-state index >= 15 is 0 Å². The van der Waals surface area contributed by atoms with Crippen molar-refractivity contribution in [3.8, 4) is 11.3 Å². The molecule has 3 rings (SSSR count). The number of aromatic nitrogens is 3. The number of rotatable bonds is 3. The van der Waals surface area contributed by atoms with E-state index in [4.69, 9.17) is 4.74 Å². The molecule has 0 amide bonds. The lowest BCUT2D eigenvalue weighted by Gasteiger charge is -2.22. The monoisotopic (exact) mass is 244 g/mol. The molecule has 0 aliphatic carbocycles. The van der Waals surface area contributed by atoms with Gasteiger partial charge in [-0.25, -0.2) is 4.98 Å². The SMILES string of the molecule is c1cc(-c2cnc(CC3CNCCO3)[nH]2)ccn1. The van der Waals surface area contributed by atoms with Crippen LogP contribution in [0.3, 0.4) is 0 Å². The van der Waals surface area contributed by atoms with Gasteiger partial charge in [0.05, 0.1) is 24.6 Å². The first-order chi connectivity index (χ1) is 8.92. The third-order valence-electron chi connectivity index (χ3n) is 3.05. The molecule has 5 heteroatoms. The molecule has 1 aliphatic heterocycles. The molecule has 0 spiro atoms. The van der Waals surface area contributed by atoms with Gasteiger partial charge in [0.25, 0.3) is 0 Å². The molecule has 1 aliphatic rings. The maximum Gasteiger partial charge on any atom is 0.109 e. The van der Waals surface area contributed by atoms with Crippen LogP contribution in [-0.2, 0) is 11.2 Å². The molecule has 0 saturated carbocycles. The minimum atomic E-state index is 0.218. The summed E-state index contributed by atoms with van der Waals surface area (Å²) in [6.07, 6.45) is 6.46. The van der Waals surface area contributed by atoms with Crippen LogP contribution in [0.4, 0.5) is 0 Å². The first-order valence-electron chi connectivity index (χ1n) is 6.18. The summed E-state index contributed by atoms with van der Waals surface area (Å²) >= 11 is 0. The largest absolute Gasteiger partial charge is 0.375 e. The lowest BCUT2D eigenvalue weighted by molar-refractivity contribution is 0.0281. The van der Waals surface area contributed by atoms with Crippen molar-refractivity contribution in [1.82, 2.24) is 20.3 Å². The number of hydrogen-bond donors (Lipinski definition) is 2. The van der Waals surface area contributed by atoms with Crippen molar-refractivity contribution in [2.24, 2.45) is 0 Å². The van der Waals surface area contributed by atoms with Crippen LogP contribution in [0.1, 0.15) is 5.82 Å². The van der Waals surface area contributed by atoms with E-state index in [-0.39, 0.29) is 6.10 Å². The zero-order valence-electron chi connectivity index (χ0n) is 10.1. The molecule has 1 fully saturated rings. The summed E-state index contributed by atoms with van der Waals surface area (Å²) in [6.45, 7) is 2.62. The topological polar surface area (TPSA) is 62.8 Å². The molecule has 2 N–H and O–H groups in total. The molecule has 0 bridgehead atoms. The van der Waals surface area contributed by atoms with Crippen molar-refractivity contribution < 1.29 is 4.74 Å². The second kappa shape index (κ2) is 5.29. The van der Waals surface area contributed by atoms with Crippen LogP contribution in [0.25, 0.3) is 11.3 Å². The first-order valence-corrected chi connectivity index (χ1v) is 6.18. The van der Waals surface area contributed by atoms with Crippen molar-refractivity contribution >= 4 is 0 Å². The molecular weight excluding hydrogens is 228 g/mol. The third-order valence-corrected chi connectivity index (χ3v) is 3.05. The summed E-state index contributed by atoms with van der Waals surface area (Å²) in [5, 5.41) is 3.32. The van der Waals surface area contributed by atoms with Crippen LogP contribution in [-0.4, -0.2) is 40.8 Å². The normalized spacial score (nSPS) is 19.9. The molecule has 0 aromatic carbocycles. The van der Waals surface area contributed by atoms with Gasteiger partial charge in [0.15, 0.2) is 0 Å². The average Bonchev–Trinajstić information content (AvgIpc) is 2.89. The molecule has 18 heavy (non-hydrogen) atoms. The van der Waals surface area contributed by atoms with Gasteiger partial charge in [0, 0.05) is 37.5 Å². The summed E-state index contributed by atoms with van der Waals surface area (Å²) in [5.41, 5.74) is 2.13. The standard InChI is InChI=1S/C13H16N4O/c1-3-14-4-2-10(1)12-9-16-13(17-12)7-11-8-15-5-6-18-11/h1-4,9,11,15H,5-8H2,(H,16,17). The minimum absolute atomic E-state index is 0.218. The number of nitrogens with zero attached hydrogens (tertiary/aromatic N) is 2. The van der Waals surface area contributed by atoms with Crippen LogP contribution in [0, 0.1) is 0 Å². The maximum absolute atomic E-state index is 5.66. The van der Waals surface area contributed by atoms with Crippen molar-refractivity contribution in [2.75, 3.05) is 19.7 Å². The second-order valence-electron chi connectivity index (χ2n) is 4.38. The van der Waals surface area contributed by atoms with E-state index in [9.17, 15) is 0 Å². The lowest BCUT2D eigenvalue weighted by Crippen LogP contribution is -2.39. The second-order valence-corrected chi connectivity index (χ2v) is 4.38. The minimum Gasteiger partial charge on any atom is -0.375 e. The number of H-pyrrole nitrogens is 1. The Morgan fingerprint density at radius 3 is 3.00 bits per heavy atom. The molecule has 2 aromatic heterocycles. The summed E-state index contributed by atoms with van der Waals surface area (Å²) in [6, 6.07) is 3.94. The Bertz CT molecular complexity index is 491. The van der Waals surface area contributed by atoms with Crippen molar-refractivity contribution in [3.63, 3.8) is 0 Å². The number of ether oxygens (including phenoxy) is 1. The van der Waals surface area contributed by atoms with E-state index in [0.717, 1.165) is 43.2 Å². The fraction of sp³-hybridized carbons (Fsp3) is 0.385. The van der Waals surface area contributed by atoms with Crippen LogP contribution in [0.5, 0.6) is 0 Å². The zero-order valence-corrected chi connectivity index (χ0v) is 10.1. The maximum atomic E-state index is 5.66. The number of aromatic amines is 1. The molecule has 2 aromatic rings. The van der Waals surface area contributed by atoms with Gasteiger partial charge in [-0.15, -0.1) is 0 Å². The highest BCUT2D eigenvalue weighted by molar-refractivity contribution is 5.57. The predicted molar refractivity (Wildman–Crippen MR) is 68.1 cm³/mol. The molecule has 1 saturated heterocycles. The fourth-order valence-corrected chi connectivity index (χ4v) is 2.11. The third kappa shape index (κ3) is 2.57. The first kappa shape index (κ1) is 11.4. The van der Waals surface area contributed by atoms with Gasteiger partial charge in [-0.1, -0.05) is 0 Å². The molecule has 5 nitrogen and oxygen atoms in total. The van der Waals surface area contributed by atoms with E-state index < -0.39 is 0 Å². The van der Waals surface area contributed by atoms with Gasteiger partial charge in [-0.2, -0.15) is 0 Å². The number of hydrogen-bond acceptors (Lipinski definition) is 4. The fourth-order valence-electron chi connectivity index (χ4n) is 2.11. The Hall–Kier alpha value is -1.72. The molecule has 1 unspecified atom stereocenters. The molecule has 0 radical (unpaired) electrons. The lowest BCUT2D eigenvalue weighted by atomic mass is 10.2. The van der Waals surface area contributed by atoms with E-state index in [1.165, 1.54) is 0 Å². The van der Waals surface area contributed by atoms with E-state index in [2.05, 4.69) is 20.3 Å². The van der Waals surface area contributed by atoms with Gasteiger partial charge in [-0.3, -0.25) is 4.98 Å². The van der Waals surface area contributed by atoms with Gasteiger partial charge >= 0.3 is 0 Å². The highest BCUT2D eigenvalue weighted by Crippen LogP contribution is 2.16. The quantitative estimate of drug-likeness (QED) is 0.845. The Morgan fingerprint density at radius 2 is 2.22 bits per heavy atom. The Kier molecular flexibility index (Phi) is 3.34. The molecule has 94 valence electrons. The van der Waals surface area contributed by atoms with Crippen LogP contribution in [0.15, 0.2) is 30.7 Å². The zero-order chi connectivity index (χ0) is 12.2. The van der Waals surface area contributed by atoms with Gasteiger partial charge in [-0.05, 0) is 12.1 Å². The van der Waals surface area contributed by atoms with Crippen LogP contribution < -0.4 is 5.32 Å². The Balaban J connectivity index is 1.69. The number of pyridine rings is 1. The van der Waals surface area contributed by atoms with E-state index in [1.54, 1.807) is 12.4 Å². The van der Waals surface area contributed by atoms with E-state index in [0.29, 0.717) is 0 Å². The van der Waals surface area contributed by atoms with Crippen LogP contribution >= 0.6 is 0 Å². The Labute approximate surface area is 106 Å². The summed E-state index contributed by atoms with van der Waals surface area (Å²) in [5.74, 6) is 0.968. The summed E-state index contributed by atoms with van der Waals surface area (Å²) < 4.78 is 5.66. The van der Waals surface area contributed by atoms with Crippen molar-refractivity contribution in [3.05, 3.63) is 36.5 Å². The number of nitrogens with one attached hydrogen (secondary N) is 2. The highest BCUT2D eigenvalue weighted by atomic mass is 16.5. The predicted octanol–water partition coefficient (Wildman–Crippen LogP) is 1.00. The molecule has 3 heterocycles. The number of morpholine rings is 1. The number of imidazole rings is 1. The summed E-state index contributed by atoms with van der Waals surface area (Å²) in [4.78, 5) is 11.7. The molecular formula is C13H16N4O. The van der Waals surface area contributed by atoms with Crippen molar-refractivity contribution in [1.29, 1.82) is 0 Å². The average molecular weight is 244 g/mol. The highest BCUT2D eigenvalue weighted by Gasteiger charge is 2.15. The van der Waals surface area contributed by atoms with Gasteiger partial charge < -0.3 is 15.0 Å². The van der Waals surface area contributed by atoms with E-state index in [1.807, 2.05) is 18.3 Å². The Morgan fingerprint density at radius 1 is 1.33 bits per heavy atom. The van der Waals surface area contributed by atoms with Crippen molar-refractivity contribution in [2.45, 2.75) is 12.5 Å². The molecule has 1 atom stereocenters. The van der Waals surface area contributed by atoms with Gasteiger partial charge in [0.2, 0.25) is 0 Å². The van der Waals surface area contributed by atoms with Gasteiger partial charge in [0.1, 0.15) is 5.82 Å². The smallest absolute Gasteiger partial charge is 0.109 e. The van der Waals surface area contributed by atoms with Crippen LogP contribution in [0.2, 0.25) is 0 Å².